The lowest BCUT2D eigenvalue weighted by Gasteiger charge is -2.35. The van der Waals surface area contributed by atoms with Gasteiger partial charge in [0.25, 0.3) is 0 Å². The van der Waals surface area contributed by atoms with Gasteiger partial charge in [-0.2, -0.15) is 13.2 Å². The molecule has 0 fully saturated rings. The molecule has 1 aliphatic heterocycles. The van der Waals surface area contributed by atoms with Gasteiger partial charge in [-0.25, -0.2) is 14.6 Å². The number of hydrogen-bond donors (Lipinski definition) is 2. The number of anilines is 3. The van der Waals surface area contributed by atoms with Crippen LogP contribution in [0.2, 0.25) is 0 Å². The maximum atomic E-state index is 13.5. The second-order valence-corrected chi connectivity index (χ2v) is 9.11. The Labute approximate surface area is 213 Å². The highest BCUT2D eigenvalue weighted by atomic mass is 35.5. The molecule has 0 saturated heterocycles. The van der Waals surface area contributed by atoms with E-state index >= 15 is 0 Å². The van der Waals surface area contributed by atoms with Gasteiger partial charge in [0.1, 0.15) is 0 Å². The average molecular weight is 518 g/mol. The molecule has 6 nitrogen and oxygen atoms in total. The number of rotatable bonds is 4. The molecule has 0 saturated carbocycles. The normalized spacial score (nSPS) is 16.2. The second kappa shape index (κ2) is 10.8. The summed E-state index contributed by atoms with van der Waals surface area (Å²) in [4.78, 5) is 24.4. The first-order chi connectivity index (χ1) is 17.2. The first-order valence-electron chi connectivity index (χ1n) is 11.6. The zero-order valence-corrected chi connectivity index (χ0v) is 20.7. The molecule has 0 bridgehead atoms. The van der Waals surface area contributed by atoms with Gasteiger partial charge in [-0.3, -0.25) is 4.90 Å². The number of nitrogens with one attached hydrogen (secondary N) is 2. The number of carbonyl (C=O) groups excluding carboxylic acids is 1. The molecule has 0 spiro atoms. The van der Waals surface area contributed by atoms with Gasteiger partial charge in [0.2, 0.25) is 0 Å². The van der Waals surface area contributed by atoms with E-state index in [0.717, 1.165) is 42.8 Å². The molecule has 1 atom stereocenters. The topological polar surface area (TPSA) is 60.5 Å². The van der Waals surface area contributed by atoms with Crippen molar-refractivity contribution in [3.05, 3.63) is 71.8 Å². The number of aromatic nitrogens is 1. The van der Waals surface area contributed by atoms with E-state index in [1.54, 1.807) is 29.2 Å². The van der Waals surface area contributed by atoms with Crippen LogP contribution in [0.25, 0.3) is 11.3 Å². The zero-order valence-electron chi connectivity index (χ0n) is 19.9. The predicted molar refractivity (Wildman–Crippen MR) is 137 cm³/mol. The predicted octanol–water partition coefficient (Wildman–Crippen LogP) is 6.67. The number of benzene rings is 2. The number of halogens is 4. The Kier molecular flexibility index (Phi) is 7.70. The molecule has 2 aromatic carbocycles. The SMILES string of the molecule is C[C@@H]1CCCN(C)c2ccc(-c3cccc(C(F)(F)F)c3)nc2N1C(=O)Nc1ccc(CNCl)cc1. The molecule has 190 valence electrons. The van der Waals surface area contributed by atoms with Gasteiger partial charge in [0, 0.05) is 37.4 Å². The third-order valence-electron chi connectivity index (χ3n) is 6.23. The van der Waals surface area contributed by atoms with Crippen LogP contribution in [0.15, 0.2) is 60.7 Å². The van der Waals surface area contributed by atoms with Crippen molar-refractivity contribution in [3.63, 3.8) is 0 Å². The highest BCUT2D eigenvalue weighted by Crippen LogP contribution is 2.36. The first-order valence-corrected chi connectivity index (χ1v) is 12.0. The van der Waals surface area contributed by atoms with Gasteiger partial charge in [-0.05, 0) is 73.5 Å². The molecule has 10 heteroatoms. The molecular formula is C26H27ClF3N5O. The minimum absolute atomic E-state index is 0.179. The number of carbonyl (C=O) groups is 1. The Morgan fingerprint density at radius 2 is 1.89 bits per heavy atom. The Morgan fingerprint density at radius 3 is 2.58 bits per heavy atom. The van der Waals surface area contributed by atoms with Gasteiger partial charge in [-0.15, -0.1) is 0 Å². The van der Waals surface area contributed by atoms with Crippen LogP contribution >= 0.6 is 11.8 Å². The third kappa shape index (κ3) is 5.74. The lowest BCUT2D eigenvalue weighted by molar-refractivity contribution is -0.137. The summed E-state index contributed by atoms with van der Waals surface area (Å²) >= 11 is 5.56. The van der Waals surface area contributed by atoms with E-state index in [1.165, 1.54) is 6.07 Å². The Balaban J connectivity index is 1.72. The van der Waals surface area contributed by atoms with Crippen molar-refractivity contribution in [3.8, 4) is 11.3 Å². The minimum atomic E-state index is -4.46. The monoisotopic (exact) mass is 517 g/mol. The maximum Gasteiger partial charge on any atom is 0.416 e. The number of amides is 2. The summed E-state index contributed by atoms with van der Waals surface area (Å²) in [6, 6.07) is 15.3. The summed E-state index contributed by atoms with van der Waals surface area (Å²) < 4.78 is 39.9. The fraction of sp³-hybridized carbons (Fsp3) is 0.308. The van der Waals surface area contributed by atoms with Gasteiger partial charge in [0.05, 0.1) is 16.9 Å². The standard InChI is InChI=1S/C26H27ClF3N5O/c1-17-5-4-14-34(2)23-13-12-22(19-6-3-7-20(15-19)26(28,29)30)33-24(23)35(17)25(36)32-21-10-8-18(9-11-21)16-31-27/h3,6-13,15,17,31H,4-5,14,16H2,1-2H3,(H,32,36)/t17-/m1/s1. The number of urea groups is 1. The van der Waals surface area contributed by atoms with Crippen LogP contribution < -0.4 is 20.0 Å². The van der Waals surface area contributed by atoms with E-state index in [-0.39, 0.29) is 12.1 Å². The van der Waals surface area contributed by atoms with E-state index in [4.69, 9.17) is 16.8 Å². The summed E-state index contributed by atoms with van der Waals surface area (Å²) in [6.45, 7) is 3.21. The summed E-state index contributed by atoms with van der Waals surface area (Å²) in [5.41, 5.74) is 2.24. The molecule has 0 unspecified atom stereocenters. The van der Waals surface area contributed by atoms with E-state index in [1.807, 2.05) is 37.1 Å². The van der Waals surface area contributed by atoms with Crippen LogP contribution in [-0.4, -0.2) is 30.6 Å². The molecule has 1 aromatic heterocycles. The van der Waals surface area contributed by atoms with Crippen molar-refractivity contribution in [2.45, 2.75) is 38.5 Å². The van der Waals surface area contributed by atoms with Crippen molar-refractivity contribution in [1.82, 2.24) is 9.82 Å². The fourth-order valence-electron chi connectivity index (χ4n) is 4.28. The Bertz CT molecular complexity index is 1220. The number of nitrogens with zero attached hydrogens (tertiary/aromatic N) is 3. The summed E-state index contributed by atoms with van der Waals surface area (Å²) in [6.07, 6.45) is -2.85. The second-order valence-electron chi connectivity index (χ2n) is 8.84. The molecule has 2 heterocycles. The van der Waals surface area contributed by atoms with Crippen molar-refractivity contribution in [1.29, 1.82) is 0 Å². The van der Waals surface area contributed by atoms with Crippen molar-refractivity contribution >= 4 is 35.0 Å². The summed E-state index contributed by atoms with van der Waals surface area (Å²) in [7, 11) is 1.92. The summed E-state index contributed by atoms with van der Waals surface area (Å²) in [5, 5.41) is 2.93. The van der Waals surface area contributed by atoms with Crippen molar-refractivity contribution in [2.24, 2.45) is 0 Å². The highest BCUT2D eigenvalue weighted by molar-refractivity contribution is 6.13. The first kappa shape index (κ1) is 25.8. The molecule has 1 aliphatic rings. The number of hydrogen-bond acceptors (Lipinski definition) is 4. The molecule has 0 radical (unpaired) electrons. The molecule has 0 aliphatic carbocycles. The summed E-state index contributed by atoms with van der Waals surface area (Å²) in [5.74, 6) is 0.403. The molecule has 4 rings (SSSR count). The van der Waals surface area contributed by atoms with Gasteiger partial charge in [-0.1, -0.05) is 24.3 Å². The zero-order chi connectivity index (χ0) is 25.9. The van der Waals surface area contributed by atoms with E-state index in [2.05, 4.69) is 10.2 Å². The van der Waals surface area contributed by atoms with E-state index in [0.29, 0.717) is 29.3 Å². The van der Waals surface area contributed by atoms with Crippen LogP contribution in [0.3, 0.4) is 0 Å². The lowest BCUT2D eigenvalue weighted by atomic mass is 10.1. The fourth-order valence-corrected chi connectivity index (χ4v) is 4.43. The van der Waals surface area contributed by atoms with Crippen molar-refractivity contribution in [2.75, 3.05) is 28.7 Å². The Morgan fingerprint density at radius 1 is 1.14 bits per heavy atom. The van der Waals surface area contributed by atoms with Crippen LogP contribution in [0, 0.1) is 0 Å². The molecule has 2 amide bonds. The van der Waals surface area contributed by atoms with Crippen LogP contribution in [0.1, 0.15) is 30.9 Å². The van der Waals surface area contributed by atoms with Crippen LogP contribution in [-0.2, 0) is 12.7 Å². The van der Waals surface area contributed by atoms with Gasteiger partial charge >= 0.3 is 12.2 Å². The van der Waals surface area contributed by atoms with E-state index in [9.17, 15) is 18.0 Å². The number of fused-ring (bicyclic) bond motifs is 1. The number of alkyl halides is 3. The van der Waals surface area contributed by atoms with Crippen molar-refractivity contribution < 1.29 is 18.0 Å². The average Bonchev–Trinajstić information content (AvgIpc) is 2.84. The number of pyridine rings is 1. The molecule has 36 heavy (non-hydrogen) atoms. The molecule has 2 N–H and O–H groups in total. The van der Waals surface area contributed by atoms with Gasteiger partial charge in [0.15, 0.2) is 5.82 Å². The quantitative estimate of drug-likeness (QED) is 0.379. The lowest BCUT2D eigenvalue weighted by Crippen LogP contribution is -2.44. The maximum absolute atomic E-state index is 13.5. The Hall–Kier alpha value is -3.30. The minimum Gasteiger partial charge on any atom is -0.372 e. The van der Waals surface area contributed by atoms with E-state index < -0.39 is 11.7 Å². The largest absolute Gasteiger partial charge is 0.416 e. The third-order valence-corrected chi connectivity index (χ3v) is 6.36. The molecular weight excluding hydrogens is 491 g/mol. The molecule has 3 aromatic rings. The smallest absolute Gasteiger partial charge is 0.372 e. The highest BCUT2D eigenvalue weighted by Gasteiger charge is 2.32. The van der Waals surface area contributed by atoms with Crippen LogP contribution in [0.4, 0.5) is 35.2 Å². The van der Waals surface area contributed by atoms with Crippen LogP contribution in [0.5, 0.6) is 0 Å². The van der Waals surface area contributed by atoms with Gasteiger partial charge < -0.3 is 10.2 Å².